The van der Waals surface area contributed by atoms with E-state index in [9.17, 15) is 8.78 Å². The highest BCUT2D eigenvalue weighted by molar-refractivity contribution is 7.99. The van der Waals surface area contributed by atoms with Gasteiger partial charge in [-0.3, -0.25) is 4.99 Å². The zero-order valence-electron chi connectivity index (χ0n) is 13.0. The summed E-state index contributed by atoms with van der Waals surface area (Å²) in [5.74, 6) is -0.296. The summed E-state index contributed by atoms with van der Waals surface area (Å²) in [5, 5.41) is 7.23. The van der Waals surface area contributed by atoms with Crippen molar-refractivity contribution in [1.29, 1.82) is 0 Å². The Hall–Kier alpha value is -1.30. The van der Waals surface area contributed by atoms with Crippen LogP contribution in [0.2, 0.25) is 0 Å². The third-order valence-corrected chi connectivity index (χ3v) is 5.11. The number of nitrogens with one attached hydrogen (secondary N) is 2. The van der Waals surface area contributed by atoms with E-state index in [-0.39, 0.29) is 12.0 Å². The minimum atomic E-state index is -0.497. The lowest BCUT2D eigenvalue weighted by molar-refractivity contribution is 0.551. The van der Waals surface area contributed by atoms with E-state index in [0.717, 1.165) is 12.8 Å². The van der Waals surface area contributed by atoms with Gasteiger partial charge in [-0.2, -0.15) is 11.8 Å². The van der Waals surface area contributed by atoms with Gasteiger partial charge in [0.05, 0.1) is 0 Å². The van der Waals surface area contributed by atoms with Crippen molar-refractivity contribution in [2.75, 3.05) is 19.8 Å². The van der Waals surface area contributed by atoms with E-state index in [1.165, 1.54) is 24.6 Å². The Labute approximate surface area is 135 Å². The average molecular weight is 327 g/mol. The maximum atomic E-state index is 13.6. The molecule has 0 spiro atoms. The second-order valence-electron chi connectivity index (χ2n) is 5.46. The molecule has 2 atom stereocenters. The zero-order valence-corrected chi connectivity index (χ0v) is 13.9. The van der Waals surface area contributed by atoms with Crippen molar-refractivity contribution in [2.24, 2.45) is 4.99 Å². The maximum Gasteiger partial charge on any atom is 0.191 e. The molecule has 6 heteroatoms. The molecule has 2 unspecified atom stereocenters. The molecule has 2 rings (SSSR count). The lowest BCUT2D eigenvalue weighted by atomic mass is 10.1. The summed E-state index contributed by atoms with van der Waals surface area (Å²) in [7, 11) is 1.71. The topological polar surface area (TPSA) is 36.4 Å². The molecule has 0 radical (unpaired) electrons. The van der Waals surface area contributed by atoms with Crippen LogP contribution in [0.1, 0.15) is 24.8 Å². The molecule has 1 aromatic rings. The van der Waals surface area contributed by atoms with Crippen LogP contribution in [0.4, 0.5) is 8.78 Å². The molecule has 0 aliphatic heterocycles. The summed E-state index contributed by atoms with van der Waals surface area (Å²) in [4.78, 5) is 4.18. The van der Waals surface area contributed by atoms with Gasteiger partial charge in [0, 0.05) is 30.4 Å². The van der Waals surface area contributed by atoms with Crippen molar-refractivity contribution in [3.8, 4) is 0 Å². The van der Waals surface area contributed by atoms with Crippen LogP contribution in [0.3, 0.4) is 0 Å². The molecule has 1 aliphatic rings. The van der Waals surface area contributed by atoms with Crippen LogP contribution in [-0.4, -0.2) is 37.1 Å². The Morgan fingerprint density at radius 2 is 2.05 bits per heavy atom. The van der Waals surface area contributed by atoms with Gasteiger partial charge in [0.1, 0.15) is 11.6 Å². The van der Waals surface area contributed by atoms with Gasteiger partial charge in [0.2, 0.25) is 0 Å². The standard InChI is InChI=1S/C16H23F2N3S/c1-19-16(21-11-6-7-12(10-11)22-2)20-9-8-13-14(17)4-3-5-15(13)18/h3-5,11-12H,6-10H2,1-2H3,(H2,19,20,21). The first-order valence-electron chi connectivity index (χ1n) is 7.57. The summed E-state index contributed by atoms with van der Waals surface area (Å²) < 4.78 is 27.1. The molecule has 0 aromatic heterocycles. The van der Waals surface area contributed by atoms with Gasteiger partial charge in [-0.05, 0) is 44.1 Å². The molecular formula is C16H23F2N3S. The van der Waals surface area contributed by atoms with Crippen LogP contribution in [-0.2, 0) is 6.42 Å². The third kappa shape index (κ3) is 4.60. The Morgan fingerprint density at radius 1 is 1.32 bits per heavy atom. The first-order chi connectivity index (χ1) is 10.6. The van der Waals surface area contributed by atoms with Gasteiger partial charge >= 0.3 is 0 Å². The fourth-order valence-corrected chi connectivity index (χ4v) is 3.55. The predicted octanol–water partition coefficient (Wildman–Crippen LogP) is 2.96. The summed E-state index contributed by atoms with van der Waals surface area (Å²) in [6.45, 7) is 0.441. The smallest absolute Gasteiger partial charge is 0.191 e. The molecule has 1 aromatic carbocycles. The van der Waals surface area contributed by atoms with Crippen LogP contribution in [0.15, 0.2) is 23.2 Å². The molecule has 0 bridgehead atoms. The molecule has 3 nitrogen and oxygen atoms in total. The van der Waals surface area contributed by atoms with Crippen LogP contribution in [0.5, 0.6) is 0 Å². The zero-order chi connectivity index (χ0) is 15.9. The Balaban J connectivity index is 1.80. The lowest BCUT2D eigenvalue weighted by Crippen LogP contribution is -2.43. The summed E-state index contributed by atoms with van der Waals surface area (Å²) in [6, 6.07) is 4.37. The van der Waals surface area contributed by atoms with Crippen molar-refractivity contribution >= 4 is 17.7 Å². The SMILES string of the molecule is CN=C(NCCc1c(F)cccc1F)NC1CCC(SC)C1. The monoisotopic (exact) mass is 327 g/mol. The Morgan fingerprint density at radius 3 is 2.64 bits per heavy atom. The van der Waals surface area contributed by atoms with Crippen molar-refractivity contribution in [3.63, 3.8) is 0 Å². The van der Waals surface area contributed by atoms with Crippen molar-refractivity contribution in [2.45, 2.75) is 37.0 Å². The number of hydrogen-bond acceptors (Lipinski definition) is 2. The average Bonchev–Trinajstić information content (AvgIpc) is 2.96. The highest BCUT2D eigenvalue weighted by atomic mass is 32.2. The van der Waals surface area contributed by atoms with Gasteiger partial charge in [-0.15, -0.1) is 0 Å². The highest BCUT2D eigenvalue weighted by Gasteiger charge is 2.24. The molecule has 1 saturated carbocycles. The van der Waals surface area contributed by atoms with Gasteiger partial charge < -0.3 is 10.6 Å². The van der Waals surface area contributed by atoms with Gasteiger partial charge in [0.25, 0.3) is 0 Å². The molecule has 122 valence electrons. The second kappa shape index (κ2) is 8.36. The van der Waals surface area contributed by atoms with Gasteiger partial charge in [-0.1, -0.05) is 6.07 Å². The molecule has 2 N–H and O–H groups in total. The van der Waals surface area contributed by atoms with E-state index in [2.05, 4.69) is 21.9 Å². The van der Waals surface area contributed by atoms with E-state index < -0.39 is 11.6 Å². The molecular weight excluding hydrogens is 304 g/mol. The summed E-state index contributed by atoms with van der Waals surface area (Å²) in [6.07, 6.45) is 5.91. The van der Waals surface area contributed by atoms with Crippen molar-refractivity contribution in [3.05, 3.63) is 35.4 Å². The molecule has 0 heterocycles. The normalized spacial score (nSPS) is 21.9. The van der Waals surface area contributed by atoms with E-state index in [0.29, 0.717) is 23.8 Å². The lowest BCUT2D eigenvalue weighted by Gasteiger charge is -2.17. The van der Waals surface area contributed by atoms with E-state index >= 15 is 0 Å². The van der Waals surface area contributed by atoms with Crippen LogP contribution >= 0.6 is 11.8 Å². The largest absolute Gasteiger partial charge is 0.356 e. The Bertz CT molecular complexity index is 502. The number of halogens is 2. The third-order valence-electron chi connectivity index (χ3n) is 4.01. The van der Waals surface area contributed by atoms with Crippen LogP contribution in [0.25, 0.3) is 0 Å². The maximum absolute atomic E-state index is 13.6. The summed E-state index contributed by atoms with van der Waals surface area (Å²) >= 11 is 1.91. The molecule has 22 heavy (non-hydrogen) atoms. The van der Waals surface area contributed by atoms with Crippen LogP contribution < -0.4 is 10.6 Å². The minimum Gasteiger partial charge on any atom is -0.356 e. The fraction of sp³-hybridized carbons (Fsp3) is 0.562. The first-order valence-corrected chi connectivity index (χ1v) is 8.85. The quantitative estimate of drug-likeness (QED) is 0.645. The van der Waals surface area contributed by atoms with Gasteiger partial charge in [-0.25, -0.2) is 8.78 Å². The first kappa shape index (κ1) is 17.1. The molecule has 0 saturated heterocycles. The Kier molecular flexibility index (Phi) is 6.49. The van der Waals surface area contributed by atoms with Crippen molar-refractivity contribution < 1.29 is 8.78 Å². The highest BCUT2D eigenvalue weighted by Crippen LogP contribution is 2.27. The number of rotatable bonds is 5. The van der Waals surface area contributed by atoms with E-state index in [4.69, 9.17) is 0 Å². The molecule has 0 amide bonds. The number of aliphatic imine (C=N–C) groups is 1. The number of guanidine groups is 1. The van der Waals surface area contributed by atoms with Gasteiger partial charge in [0.15, 0.2) is 5.96 Å². The molecule has 1 fully saturated rings. The van der Waals surface area contributed by atoms with Crippen LogP contribution in [0, 0.1) is 11.6 Å². The predicted molar refractivity (Wildman–Crippen MR) is 89.5 cm³/mol. The minimum absolute atomic E-state index is 0.119. The summed E-state index contributed by atoms with van der Waals surface area (Å²) in [5.41, 5.74) is 0.119. The fourth-order valence-electron chi connectivity index (χ4n) is 2.75. The second-order valence-corrected chi connectivity index (χ2v) is 6.60. The van der Waals surface area contributed by atoms with E-state index in [1.807, 2.05) is 11.8 Å². The number of benzene rings is 1. The van der Waals surface area contributed by atoms with E-state index in [1.54, 1.807) is 7.05 Å². The number of thioether (sulfide) groups is 1. The van der Waals surface area contributed by atoms with Crippen molar-refractivity contribution in [1.82, 2.24) is 10.6 Å². The number of hydrogen-bond donors (Lipinski definition) is 2. The number of nitrogens with zero attached hydrogens (tertiary/aromatic N) is 1. The molecule has 1 aliphatic carbocycles.